The van der Waals surface area contributed by atoms with Crippen LogP contribution in [0.2, 0.25) is 5.02 Å². The second-order valence-electron chi connectivity index (χ2n) is 9.58. The van der Waals surface area contributed by atoms with Crippen molar-refractivity contribution in [2.75, 3.05) is 0 Å². The van der Waals surface area contributed by atoms with Gasteiger partial charge in [0.1, 0.15) is 30.4 Å². The molecule has 2 N–H and O–H groups in total. The lowest BCUT2D eigenvalue weighted by Crippen LogP contribution is -2.47. The van der Waals surface area contributed by atoms with Gasteiger partial charge in [-0.1, -0.05) is 84.4 Å². The quantitative estimate of drug-likeness (QED) is 0.341. The minimum Gasteiger partial charge on any atom is -0.369 e. The number of aromatic nitrogens is 2. The molecule has 4 nitrogen and oxygen atoms in total. The number of hydrogen-bond donors (Lipinski definition) is 1. The SMILES string of the molecule is Cc1n([C@@H]2CC[C@H](C(C(N)=O)(c3ccccc3)c3ccccc3)C2)cc[n+]1Cc1ccc(Cl)cc1. The predicted octanol–water partition coefficient (Wildman–Crippen LogP) is 5.60. The third-order valence-electron chi connectivity index (χ3n) is 7.72. The largest absolute Gasteiger partial charge is 0.369 e. The van der Waals surface area contributed by atoms with Crippen molar-refractivity contribution in [1.82, 2.24) is 4.57 Å². The first kappa shape index (κ1) is 23.4. The van der Waals surface area contributed by atoms with Gasteiger partial charge in [-0.3, -0.25) is 4.79 Å². The van der Waals surface area contributed by atoms with E-state index in [1.165, 1.54) is 11.4 Å². The molecule has 3 aromatic carbocycles. The van der Waals surface area contributed by atoms with Crippen molar-refractivity contribution in [3.63, 3.8) is 0 Å². The smallest absolute Gasteiger partial charge is 0.253 e. The Morgan fingerprint density at radius 2 is 1.57 bits per heavy atom. The van der Waals surface area contributed by atoms with E-state index in [1.807, 2.05) is 72.8 Å². The van der Waals surface area contributed by atoms with Crippen LogP contribution < -0.4 is 10.3 Å². The number of benzene rings is 3. The molecule has 1 amide bonds. The first-order valence-electron chi connectivity index (χ1n) is 12.2. The van der Waals surface area contributed by atoms with Crippen LogP contribution in [0.5, 0.6) is 0 Å². The topological polar surface area (TPSA) is 51.9 Å². The lowest BCUT2D eigenvalue weighted by molar-refractivity contribution is -0.694. The van der Waals surface area contributed by atoms with Crippen molar-refractivity contribution in [3.05, 3.63) is 125 Å². The highest BCUT2D eigenvalue weighted by Gasteiger charge is 2.51. The zero-order chi connectivity index (χ0) is 24.4. The molecule has 1 fully saturated rings. The summed E-state index contributed by atoms with van der Waals surface area (Å²) in [5, 5.41) is 0.750. The number of nitrogens with zero attached hydrogens (tertiary/aromatic N) is 2. The average molecular weight is 485 g/mol. The highest BCUT2D eigenvalue weighted by molar-refractivity contribution is 6.30. The maximum Gasteiger partial charge on any atom is 0.253 e. The zero-order valence-electron chi connectivity index (χ0n) is 20.0. The number of halogens is 1. The number of nitrogens with two attached hydrogens (primary N) is 1. The summed E-state index contributed by atoms with van der Waals surface area (Å²) in [6.07, 6.45) is 7.16. The highest BCUT2D eigenvalue weighted by atomic mass is 35.5. The van der Waals surface area contributed by atoms with Crippen molar-refractivity contribution in [2.24, 2.45) is 11.7 Å². The van der Waals surface area contributed by atoms with Crippen molar-refractivity contribution in [3.8, 4) is 0 Å². The second kappa shape index (κ2) is 9.71. The fraction of sp³-hybridized carbons (Fsp3) is 0.267. The summed E-state index contributed by atoms with van der Waals surface area (Å²) in [6.45, 7) is 2.96. The molecule has 5 heteroatoms. The Balaban J connectivity index is 1.47. The van der Waals surface area contributed by atoms with E-state index in [2.05, 4.69) is 40.6 Å². The normalized spacial score (nSPS) is 18.0. The van der Waals surface area contributed by atoms with Crippen molar-refractivity contribution in [2.45, 2.75) is 44.2 Å². The molecule has 1 heterocycles. The van der Waals surface area contributed by atoms with Crippen molar-refractivity contribution < 1.29 is 9.36 Å². The average Bonchev–Trinajstić information content (AvgIpc) is 3.49. The zero-order valence-corrected chi connectivity index (χ0v) is 20.7. The standard InChI is InChI=1S/C30H30ClN3O/c1-22-33(21-23-12-15-27(31)16-13-23)18-19-34(22)28-17-14-26(20-28)30(29(32)35,24-8-4-2-5-9-24)25-10-6-3-7-11-25/h2-13,15-16,18-19,26,28H,14,17,20-21H2,1H3,(H-,32,35)/p+1/t26-,28+/m0/s1. The van der Waals surface area contributed by atoms with Gasteiger partial charge in [-0.25, -0.2) is 9.13 Å². The Labute approximate surface area is 212 Å². The molecule has 1 saturated carbocycles. The Morgan fingerprint density at radius 3 is 2.14 bits per heavy atom. The number of imidazole rings is 1. The molecule has 0 saturated heterocycles. The Bertz CT molecular complexity index is 1260. The van der Waals surface area contributed by atoms with Gasteiger partial charge >= 0.3 is 0 Å². The van der Waals surface area contributed by atoms with Crippen LogP contribution in [0.25, 0.3) is 0 Å². The van der Waals surface area contributed by atoms with Crippen LogP contribution in [0.15, 0.2) is 97.3 Å². The van der Waals surface area contributed by atoms with Crippen LogP contribution in [-0.2, 0) is 16.8 Å². The molecule has 1 aromatic heterocycles. The van der Waals surface area contributed by atoms with E-state index in [9.17, 15) is 4.79 Å². The Kier molecular flexibility index (Phi) is 6.48. The van der Waals surface area contributed by atoms with Crippen LogP contribution >= 0.6 is 11.6 Å². The van der Waals surface area contributed by atoms with Gasteiger partial charge < -0.3 is 5.73 Å². The summed E-state index contributed by atoms with van der Waals surface area (Å²) in [7, 11) is 0. The summed E-state index contributed by atoms with van der Waals surface area (Å²) in [5.41, 5.74) is 8.59. The second-order valence-corrected chi connectivity index (χ2v) is 10.0. The molecule has 2 atom stereocenters. The van der Waals surface area contributed by atoms with Gasteiger partial charge in [-0.15, -0.1) is 0 Å². The maximum absolute atomic E-state index is 13.4. The van der Waals surface area contributed by atoms with E-state index in [0.29, 0.717) is 6.04 Å². The number of carbonyl (C=O) groups is 1. The molecule has 5 rings (SSSR count). The summed E-state index contributed by atoms with van der Waals surface area (Å²) in [4.78, 5) is 13.4. The number of hydrogen-bond acceptors (Lipinski definition) is 1. The number of rotatable bonds is 7. The minimum atomic E-state index is -0.850. The molecule has 0 radical (unpaired) electrons. The van der Waals surface area contributed by atoms with Gasteiger partial charge in [0, 0.05) is 11.9 Å². The van der Waals surface area contributed by atoms with Gasteiger partial charge in [0.15, 0.2) is 0 Å². The van der Waals surface area contributed by atoms with Crippen molar-refractivity contribution >= 4 is 17.5 Å². The summed E-state index contributed by atoms with van der Waals surface area (Å²) < 4.78 is 4.64. The number of carbonyl (C=O) groups excluding carboxylic acids is 1. The van der Waals surface area contributed by atoms with Crippen LogP contribution in [0.3, 0.4) is 0 Å². The lowest BCUT2D eigenvalue weighted by atomic mass is 9.64. The van der Waals surface area contributed by atoms with Crippen LogP contribution in [-0.4, -0.2) is 10.5 Å². The van der Waals surface area contributed by atoms with E-state index in [1.54, 1.807) is 0 Å². The van der Waals surface area contributed by atoms with Gasteiger partial charge in [-0.05, 0) is 54.0 Å². The van der Waals surface area contributed by atoms with E-state index < -0.39 is 5.41 Å². The molecule has 1 aliphatic rings. The fourth-order valence-corrected chi connectivity index (χ4v) is 6.11. The Morgan fingerprint density at radius 1 is 0.971 bits per heavy atom. The highest BCUT2D eigenvalue weighted by Crippen LogP contribution is 2.49. The molecule has 35 heavy (non-hydrogen) atoms. The molecular formula is C30H31ClN3O+. The monoisotopic (exact) mass is 484 g/mol. The van der Waals surface area contributed by atoms with Gasteiger partial charge in [0.2, 0.25) is 5.91 Å². The molecule has 4 aromatic rings. The van der Waals surface area contributed by atoms with E-state index in [4.69, 9.17) is 17.3 Å². The number of primary amides is 1. The molecule has 178 valence electrons. The maximum atomic E-state index is 13.4. The fourth-order valence-electron chi connectivity index (χ4n) is 5.99. The molecular weight excluding hydrogens is 454 g/mol. The van der Waals surface area contributed by atoms with Crippen LogP contribution in [0, 0.1) is 12.8 Å². The summed E-state index contributed by atoms with van der Waals surface area (Å²) in [6, 6.07) is 28.5. The lowest BCUT2D eigenvalue weighted by Gasteiger charge is -2.37. The molecule has 0 unspecified atom stereocenters. The third kappa shape index (κ3) is 4.28. The van der Waals surface area contributed by atoms with Gasteiger partial charge in [0.05, 0.1) is 0 Å². The summed E-state index contributed by atoms with van der Waals surface area (Å²) >= 11 is 6.05. The van der Waals surface area contributed by atoms with Crippen LogP contribution in [0.4, 0.5) is 0 Å². The molecule has 0 bridgehead atoms. The Hall–Kier alpha value is -3.37. The predicted molar refractivity (Wildman–Crippen MR) is 139 cm³/mol. The minimum absolute atomic E-state index is 0.112. The van der Waals surface area contributed by atoms with Crippen LogP contribution in [0.1, 0.15) is 47.8 Å². The van der Waals surface area contributed by atoms with Gasteiger partial charge in [0.25, 0.3) is 5.82 Å². The molecule has 0 aliphatic heterocycles. The summed E-state index contributed by atoms with van der Waals surface area (Å²) in [5.74, 6) is 1.04. The molecule has 0 spiro atoms. The number of amides is 1. The van der Waals surface area contributed by atoms with E-state index in [0.717, 1.165) is 42.0 Å². The van der Waals surface area contributed by atoms with Crippen molar-refractivity contribution in [1.29, 1.82) is 0 Å². The first-order valence-corrected chi connectivity index (χ1v) is 12.6. The van der Waals surface area contributed by atoms with Gasteiger partial charge in [-0.2, -0.15) is 0 Å². The third-order valence-corrected chi connectivity index (χ3v) is 7.97. The first-order chi connectivity index (χ1) is 17.0. The van der Waals surface area contributed by atoms with E-state index >= 15 is 0 Å². The van der Waals surface area contributed by atoms with E-state index in [-0.39, 0.29) is 11.8 Å². The molecule has 1 aliphatic carbocycles.